The number of nitrogens with zero attached hydrogens (tertiary/aromatic N) is 3. The van der Waals surface area contributed by atoms with E-state index in [0.717, 1.165) is 68.0 Å². The molecule has 2 amide bonds. The minimum absolute atomic E-state index is 0.167. The van der Waals surface area contributed by atoms with Crippen molar-refractivity contribution in [2.75, 3.05) is 31.6 Å². The van der Waals surface area contributed by atoms with Crippen LogP contribution in [0.2, 0.25) is 0 Å². The quantitative estimate of drug-likeness (QED) is 0.348. The second-order valence-corrected chi connectivity index (χ2v) is 11.2. The first-order valence-corrected chi connectivity index (χ1v) is 14.4. The normalized spacial score (nSPS) is 17.1. The van der Waals surface area contributed by atoms with E-state index in [1.807, 2.05) is 54.6 Å². The van der Waals surface area contributed by atoms with Gasteiger partial charge in [-0.05, 0) is 72.4 Å². The predicted octanol–water partition coefficient (Wildman–Crippen LogP) is 4.58. The van der Waals surface area contributed by atoms with Gasteiger partial charge in [0.15, 0.2) is 5.13 Å². The highest BCUT2D eigenvalue weighted by Gasteiger charge is 2.28. The number of aromatic nitrogens is 2. The van der Waals surface area contributed by atoms with Crippen molar-refractivity contribution in [2.24, 2.45) is 0 Å². The van der Waals surface area contributed by atoms with E-state index in [1.54, 1.807) is 29.8 Å². The molecule has 204 valence electrons. The Labute approximate surface area is 237 Å². The maximum atomic E-state index is 13.0. The molecule has 3 heterocycles. The number of aryl methyl sites for hydroxylation is 1. The summed E-state index contributed by atoms with van der Waals surface area (Å²) in [6, 6.07) is 19.2. The zero-order valence-electron chi connectivity index (χ0n) is 22.1. The zero-order chi connectivity index (χ0) is 27.3. The van der Waals surface area contributed by atoms with Crippen LogP contribution >= 0.6 is 11.3 Å². The third-order valence-electron chi connectivity index (χ3n) is 7.50. The molecule has 1 fully saturated rings. The molecular formula is C31H31N5O3S. The van der Waals surface area contributed by atoms with Crippen LogP contribution in [0.5, 0.6) is 0 Å². The first-order valence-electron chi connectivity index (χ1n) is 13.6. The average molecular weight is 554 g/mol. The molecule has 2 aromatic carbocycles. The summed E-state index contributed by atoms with van der Waals surface area (Å²) >= 11 is 1.58. The van der Waals surface area contributed by atoms with Crippen molar-refractivity contribution in [3.8, 4) is 11.1 Å². The average Bonchev–Trinajstić information content (AvgIpc) is 3.42. The molecule has 6 rings (SSSR count). The van der Waals surface area contributed by atoms with E-state index in [9.17, 15) is 9.59 Å². The third kappa shape index (κ3) is 6.12. The smallest absolute Gasteiger partial charge is 0.257 e. The van der Waals surface area contributed by atoms with Gasteiger partial charge in [0.25, 0.3) is 11.8 Å². The number of pyridine rings is 1. The third-order valence-corrected chi connectivity index (χ3v) is 8.53. The Morgan fingerprint density at radius 1 is 0.950 bits per heavy atom. The maximum Gasteiger partial charge on any atom is 0.257 e. The van der Waals surface area contributed by atoms with Gasteiger partial charge in [-0.1, -0.05) is 24.3 Å². The summed E-state index contributed by atoms with van der Waals surface area (Å²) in [7, 11) is 0. The summed E-state index contributed by atoms with van der Waals surface area (Å²) in [5, 5.41) is 6.59. The Balaban J connectivity index is 1.04. The molecule has 1 aliphatic heterocycles. The van der Waals surface area contributed by atoms with Crippen molar-refractivity contribution in [1.29, 1.82) is 0 Å². The van der Waals surface area contributed by atoms with E-state index >= 15 is 0 Å². The molecule has 1 aliphatic carbocycles. The van der Waals surface area contributed by atoms with Crippen molar-refractivity contribution in [1.82, 2.24) is 20.2 Å². The number of fused-ring (bicyclic) bond motifs is 1. The fourth-order valence-electron chi connectivity index (χ4n) is 5.30. The second kappa shape index (κ2) is 12.1. The van der Waals surface area contributed by atoms with Gasteiger partial charge >= 0.3 is 0 Å². The van der Waals surface area contributed by atoms with Crippen LogP contribution in [0, 0.1) is 0 Å². The van der Waals surface area contributed by atoms with Gasteiger partial charge in [-0.3, -0.25) is 24.8 Å². The van der Waals surface area contributed by atoms with Crippen molar-refractivity contribution in [3.05, 3.63) is 100 Å². The lowest BCUT2D eigenvalue weighted by molar-refractivity contribution is 0.0139. The molecule has 1 saturated heterocycles. The summed E-state index contributed by atoms with van der Waals surface area (Å²) in [6.07, 6.45) is 6.50. The van der Waals surface area contributed by atoms with Gasteiger partial charge in [0.05, 0.1) is 18.9 Å². The lowest BCUT2D eigenvalue weighted by Crippen LogP contribution is -2.45. The standard InChI is InChI=1S/C31H31N5O3S/c37-29(24-6-4-22(5-7-24)23-10-12-32-13-11-23)33-20-21-2-1-3-25(18-21)30(38)35-31-34-27-9-8-26(19-28(27)40-31)36-14-16-39-17-15-36/h1-7,10-13,18,26H,8-9,14-17,19-20H2,(H,33,37)(H,34,35,38). The molecule has 40 heavy (non-hydrogen) atoms. The molecule has 2 aromatic heterocycles. The molecule has 0 radical (unpaired) electrons. The number of nitrogens with one attached hydrogen (secondary N) is 2. The van der Waals surface area contributed by atoms with E-state index in [4.69, 9.17) is 9.72 Å². The molecule has 0 spiro atoms. The highest BCUT2D eigenvalue weighted by atomic mass is 32.1. The fraction of sp³-hybridized carbons (Fsp3) is 0.290. The number of carbonyl (C=O) groups is 2. The van der Waals surface area contributed by atoms with E-state index in [0.29, 0.717) is 28.8 Å². The molecule has 4 aromatic rings. The lowest BCUT2D eigenvalue weighted by Gasteiger charge is -2.36. The van der Waals surface area contributed by atoms with Crippen molar-refractivity contribution in [3.63, 3.8) is 0 Å². The highest BCUT2D eigenvalue weighted by Crippen LogP contribution is 2.32. The SMILES string of the molecule is O=C(NCc1cccc(C(=O)Nc2nc3c(s2)CC(N2CCOCC2)CC3)c1)c1ccc(-c2ccncc2)cc1. The summed E-state index contributed by atoms with van der Waals surface area (Å²) < 4.78 is 5.50. The number of ether oxygens (including phenoxy) is 1. The van der Waals surface area contributed by atoms with Crippen LogP contribution in [0.25, 0.3) is 11.1 Å². The molecular weight excluding hydrogens is 522 g/mol. The minimum atomic E-state index is -0.198. The number of amides is 2. The molecule has 1 atom stereocenters. The van der Waals surface area contributed by atoms with Gasteiger partial charge in [0, 0.05) is 54.1 Å². The van der Waals surface area contributed by atoms with E-state index < -0.39 is 0 Å². The van der Waals surface area contributed by atoms with Crippen LogP contribution < -0.4 is 10.6 Å². The first-order chi connectivity index (χ1) is 19.6. The van der Waals surface area contributed by atoms with Crippen molar-refractivity contribution in [2.45, 2.75) is 31.8 Å². The number of hydrogen-bond donors (Lipinski definition) is 2. The molecule has 1 unspecified atom stereocenters. The number of rotatable bonds is 7. The van der Waals surface area contributed by atoms with Crippen LogP contribution in [0.15, 0.2) is 73.1 Å². The summed E-state index contributed by atoms with van der Waals surface area (Å²) in [4.78, 5) is 38.3. The highest BCUT2D eigenvalue weighted by molar-refractivity contribution is 7.15. The second-order valence-electron chi connectivity index (χ2n) is 10.1. The Morgan fingerprint density at radius 2 is 1.73 bits per heavy atom. The van der Waals surface area contributed by atoms with Crippen LogP contribution in [0.1, 0.15) is 43.3 Å². The molecule has 2 aliphatic rings. The predicted molar refractivity (Wildman–Crippen MR) is 156 cm³/mol. The van der Waals surface area contributed by atoms with Crippen molar-refractivity contribution < 1.29 is 14.3 Å². The van der Waals surface area contributed by atoms with Gasteiger partial charge in [-0.2, -0.15) is 0 Å². The minimum Gasteiger partial charge on any atom is -0.379 e. The monoisotopic (exact) mass is 553 g/mol. The molecule has 8 nitrogen and oxygen atoms in total. The number of benzene rings is 2. The lowest BCUT2D eigenvalue weighted by atomic mass is 9.96. The first kappa shape index (κ1) is 26.3. The Bertz CT molecular complexity index is 1480. The van der Waals surface area contributed by atoms with Crippen LogP contribution in [0.4, 0.5) is 5.13 Å². The van der Waals surface area contributed by atoms with Crippen LogP contribution in [0.3, 0.4) is 0 Å². The van der Waals surface area contributed by atoms with Gasteiger partial charge < -0.3 is 10.1 Å². The Kier molecular flexibility index (Phi) is 7.94. The van der Waals surface area contributed by atoms with Gasteiger partial charge in [0.2, 0.25) is 0 Å². The summed E-state index contributed by atoms with van der Waals surface area (Å²) in [5.74, 6) is -0.365. The molecule has 2 N–H and O–H groups in total. The number of carbonyl (C=O) groups excluding carboxylic acids is 2. The molecule has 9 heteroatoms. The number of thiazole rings is 1. The summed E-state index contributed by atoms with van der Waals surface area (Å²) in [5.41, 5.74) is 5.14. The number of hydrogen-bond acceptors (Lipinski definition) is 7. The Morgan fingerprint density at radius 3 is 2.52 bits per heavy atom. The van der Waals surface area contributed by atoms with E-state index in [2.05, 4.69) is 20.5 Å². The van der Waals surface area contributed by atoms with E-state index in [1.165, 1.54) is 4.88 Å². The Hall–Kier alpha value is -3.92. The fourth-order valence-corrected chi connectivity index (χ4v) is 6.37. The topological polar surface area (TPSA) is 96.5 Å². The van der Waals surface area contributed by atoms with Crippen LogP contribution in [-0.4, -0.2) is 59.0 Å². The molecule has 0 bridgehead atoms. The van der Waals surface area contributed by atoms with Crippen LogP contribution in [-0.2, 0) is 24.1 Å². The molecule has 0 saturated carbocycles. The van der Waals surface area contributed by atoms with E-state index in [-0.39, 0.29) is 11.8 Å². The van der Waals surface area contributed by atoms with Crippen molar-refractivity contribution >= 4 is 28.3 Å². The zero-order valence-corrected chi connectivity index (χ0v) is 23.0. The number of anilines is 1. The van der Waals surface area contributed by atoms with Gasteiger partial charge in [0.1, 0.15) is 0 Å². The van der Waals surface area contributed by atoms with Gasteiger partial charge in [-0.15, -0.1) is 11.3 Å². The number of morpholine rings is 1. The maximum absolute atomic E-state index is 13.0. The van der Waals surface area contributed by atoms with Gasteiger partial charge in [-0.25, -0.2) is 4.98 Å². The summed E-state index contributed by atoms with van der Waals surface area (Å²) in [6.45, 7) is 3.89. The largest absolute Gasteiger partial charge is 0.379 e.